The van der Waals surface area contributed by atoms with Gasteiger partial charge < -0.3 is 9.80 Å². The van der Waals surface area contributed by atoms with Crippen molar-refractivity contribution in [2.75, 3.05) is 49.5 Å². The van der Waals surface area contributed by atoms with Crippen LogP contribution in [0.4, 0.5) is 15.8 Å². The van der Waals surface area contributed by atoms with Crippen LogP contribution in [0.25, 0.3) is 0 Å². The van der Waals surface area contributed by atoms with Gasteiger partial charge in [-0.2, -0.15) is 0 Å². The lowest BCUT2D eigenvalue weighted by Crippen LogP contribution is -2.45. The third-order valence-electron chi connectivity index (χ3n) is 4.59. The average Bonchev–Trinajstić information content (AvgIpc) is 2.59. The number of aryl methyl sites for hydroxylation is 1. The molecular formula is C19H24FN3O2S. The van der Waals surface area contributed by atoms with E-state index in [4.69, 9.17) is 0 Å². The molecule has 140 valence electrons. The molecule has 0 fully saturated rings. The number of sulfonamides is 1. The maximum Gasteiger partial charge on any atom is 0.264 e. The molecule has 0 bridgehead atoms. The minimum atomic E-state index is -3.75. The van der Waals surface area contributed by atoms with Gasteiger partial charge in [0, 0.05) is 19.6 Å². The summed E-state index contributed by atoms with van der Waals surface area (Å²) < 4.78 is 41.3. The summed E-state index contributed by atoms with van der Waals surface area (Å²) in [6.45, 7) is 4.31. The van der Waals surface area contributed by atoms with Crippen molar-refractivity contribution in [2.24, 2.45) is 0 Å². The van der Waals surface area contributed by atoms with Crippen LogP contribution in [0.5, 0.6) is 0 Å². The van der Waals surface area contributed by atoms with Crippen molar-refractivity contribution < 1.29 is 12.8 Å². The molecule has 0 spiro atoms. The van der Waals surface area contributed by atoms with Crippen LogP contribution in [0.1, 0.15) is 5.56 Å². The number of para-hydroxylation sites is 2. The zero-order valence-corrected chi connectivity index (χ0v) is 16.1. The summed E-state index contributed by atoms with van der Waals surface area (Å²) in [6.07, 6.45) is 0. The molecule has 2 aromatic carbocycles. The number of rotatable bonds is 5. The van der Waals surface area contributed by atoms with Crippen LogP contribution in [0.2, 0.25) is 0 Å². The number of hydrogen-bond acceptors (Lipinski definition) is 4. The fourth-order valence-corrected chi connectivity index (χ4v) is 4.90. The quantitative estimate of drug-likeness (QED) is 0.804. The van der Waals surface area contributed by atoms with Gasteiger partial charge in [-0.3, -0.25) is 4.31 Å². The Hall–Kier alpha value is -2.12. The molecule has 0 radical (unpaired) electrons. The van der Waals surface area contributed by atoms with Crippen LogP contribution in [0, 0.1) is 12.7 Å². The van der Waals surface area contributed by atoms with Crippen LogP contribution >= 0.6 is 0 Å². The van der Waals surface area contributed by atoms with E-state index in [-0.39, 0.29) is 4.90 Å². The number of fused-ring (bicyclic) bond motifs is 1. The lowest BCUT2D eigenvalue weighted by Gasteiger charge is -2.38. The summed E-state index contributed by atoms with van der Waals surface area (Å²) in [5.74, 6) is -0.435. The molecule has 0 atom stereocenters. The summed E-state index contributed by atoms with van der Waals surface area (Å²) in [4.78, 5) is 4.46. The van der Waals surface area contributed by atoms with E-state index in [1.807, 2.05) is 38.4 Å². The molecular weight excluding hydrogens is 353 g/mol. The zero-order chi connectivity index (χ0) is 18.9. The van der Waals surface area contributed by atoms with E-state index in [0.717, 1.165) is 18.8 Å². The third kappa shape index (κ3) is 3.54. The Morgan fingerprint density at radius 1 is 1.08 bits per heavy atom. The van der Waals surface area contributed by atoms with Gasteiger partial charge in [0.2, 0.25) is 0 Å². The van der Waals surface area contributed by atoms with E-state index in [1.165, 1.54) is 22.5 Å². The molecule has 1 heterocycles. The summed E-state index contributed by atoms with van der Waals surface area (Å²) in [7, 11) is 0.288. The predicted molar refractivity (Wildman–Crippen MR) is 103 cm³/mol. The molecule has 0 N–H and O–H groups in total. The van der Waals surface area contributed by atoms with Crippen molar-refractivity contribution in [3.63, 3.8) is 0 Å². The summed E-state index contributed by atoms with van der Waals surface area (Å²) >= 11 is 0. The standard InChI is InChI=1S/C19H24FN3O2S/c1-15-14-16(20)8-9-19(15)26(24,25)23-13-12-22(11-10-21(2)3)17-6-4-5-7-18(17)23/h4-9,14H,10-13H2,1-3H3. The van der Waals surface area contributed by atoms with Gasteiger partial charge in [-0.05, 0) is 56.9 Å². The smallest absolute Gasteiger partial charge is 0.264 e. The van der Waals surface area contributed by atoms with Crippen LogP contribution in [-0.4, -0.2) is 53.6 Å². The van der Waals surface area contributed by atoms with E-state index in [1.54, 1.807) is 6.92 Å². The number of halogens is 1. The minimum absolute atomic E-state index is 0.149. The van der Waals surface area contributed by atoms with Gasteiger partial charge in [-0.15, -0.1) is 0 Å². The Labute approximate surface area is 154 Å². The van der Waals surface area contributed by atoms with Crippen LogP contribution in [0.3, 0.4) is 0 Å². The van der Waals surface area contributed by atoms with Gasteiger partial charge >= 0.3 is 0 Å². The Balaban J connectivity index is 1.99. The lowest BCUT2D eigenvalue weighted by atomic mass is 10.2. The normalized spacial score (nSPS) is 14.7. The fourth-order valence-electron chi connectivity index (χ4n) is 3.22. The van der Waals surface area contributed by atoms with Crippen molar-refractivity contribution in [1.29, 1.82) is 0 Å². The van der Waals surface area contributed by atoms with Crippen LogP contribution in [-0.2, 0) is 10.0 Å². The second kappa shape index (κ2) is 7.25. The first-order valence-electron chi connectivity index (χ1n) is 8.58. The number of anilines is 2. The molecule has 1 aliphatic rings. The van der Waals surface area contributed by atoms with Gasteiger partial charge in [0.15, 0.2) is 0 Å². The molecule has 3 rings (SSSR count). The summed E-state index contributed by atoms with van der Waals surface area (Å²) in [5, 5.41) is 0. The molecule has 0 amide bonds. The highest BCUT2D eigenvalue weighted by Gasteiger charge is 2.32. The monoisotopic (exact) mass is 377 g/mol. The molecule has 1 aliphatic heterocycles. The van der Waals surface area contributed by atoms with Gasteiger partial charge in [0.05, 0.1) is 22.8 Å². The van der Waals surface area contributed by atoms with Crippen molar-refractivity contribution >= 4 is 21.4 Å². The zero-order valence-electron chi connectivity index (χ0n) is 15.3. The highest BCUT2D eigenvalue weighted by Crippen LogP contribution is 2.36. The predicted octanol–water partition coefficient (Wildman–Crippen LogP) is 2.71. The molecule has 0 aliphatic carbocycles. The van der Waals surface area contributed by atoms with Crippen molar-refractivity contribution in [3.05, 3.63) is 53.8 Å². The largest absolute Gasteiger partial charge is 0.367 e. The molecule has 0 aromatic heterocycles. The highest BCUT2D eigenvalue weighted by atomic mass is 32.2. The Bertz CT molecular complexity index is 899. The van der Waals surface area contributed by atoms with Crippen molar-refractivity contribution in [2.45, 2.75) is 11.8 Å². The van der Waals surface area contributed by atoms with E-state index in [2.05, 4.69) is 9.80 Å². The second-order valence-electron chi connectivity index (χ2n) is 6.77. The van der Waals surface area contributed by atoms with Crippen LogP contribution < -0.4 is 9.21 Å². The molecule has 2 aromatic rings. The maximum atomic E-state index is 13.4. The second-order valence-corrected chi connectivity index (χ2v) is 8.60. The van der Waals surface area contributed by atoms with E-state index < -0.39 is 15.8 Å². The molecule has 0 saturated carbocycles. The van der Waals surface area contributed by atoms with E-state index in [0.29, 0.717) is 24.3 Å². The Morgan fingerprint density at radius 3 is 2.42 bits per heavy atom. The molecule has 7 heteroatoms. The number of benzene rings is 2. The van der Waals surface area contributed by atoms with Gasteiger partial charge in [0.25, 0.3) is 10.0 Å². The lowest BCUT2D eigenvalue weighted by molar-refractivity contribution is 0.413. The minimum Gasteiger partial charge on any atom is -0.367 e. The third-order valence-corrected chi connectivity index (χ3v) is 6.56. The summed E-state index contributed by atoms with van der Waals surface area (Å²) in [5.41, 5.74) is 1.99. The van der Waals surface area contributed by atoms with Crippen molar-refractivity contribution in [1.82, 2.24) is 4.90 Å². The summed E-state index contributed by atoms with van der Waals surface area (Å²) in [6, 6.07) is 11.3. The van der Waals surface area contributed by atoms with E-state index in [9.17, 15) is 12.8 Å². The molecule has 0 unspecified atom stereocenters. The Kier molecular flexibility index (Phi) is 5.20. The highest BCUT2D eigenvalue weighted by molar-refractivity contribution is 7.93. The van der Waals surface area contributed by atoms with Gasteiger partial charge in [-0.1, -0.05) is 12.1 Å². The Morgan fingerprint density at radius 2 is 1.77 bits per heavy atom. The van der Waals surface area contributed by atoms with Crippen molar-refractivity contribution in [3.8, 4) is 0 Å². The molecule has 26 heavy (non-hydrogen) atoms. The van der Waals surface area contributed by atoms with Gasteiger partial charge in [0.1, 0.15) is 5.82 Å². The topological polar surface area (TPSA) is 43.9 Å². The first-order chi connectivity index (χ1) is 12.3. The number of nitrogens with zero attached hydrogens (tertiary/aromatic N) is 3. The number of hydrogen-bond donors (Lipinski definition) is 0. The number of likely N-dealkylation sites (N-methyl/N-ethyl adjacent to an activating group) is 1. The molecule has 5 nitrogen and oxygen atoms in total. The average molecular weight is 377 g/mol. The first kappa shape index (κ1) is 18.7. The SMILES string of the molecule is Cc1cc(F)ccc1S(=O)(=O)N1CCN(CCN(C)C)c2ccccc21. The van der Waals surface area contributed by atoms with Gasteiger partial charge in [-0.25, -0.2) is 12.8 Å². The fraction of sp³-hybridized carbons (Fsp3) is 0.368. The maximum absolute atomic E-state index is 13.4. The molecule has 0 saturated heterocycles. The van der Waals surface area contributed by atoms with E-state index >= 15 is 0 Å². The first-order valence-corrected chi connectivity index (χ1v) is 10.0. The van der Waals surface area contributed by atoms with Crippen LogP contribution in [0.15, 0.2) is 47.4 Å².